The zero-order valence-electron chi connectivity index (χ0n) is 11.9. The van der Waals surface area contributed by atoms with Crippen molar-refractivity contribution in [1.29, 1.82) is 0 Å². The summed E-state index contributed by atoms with van der Waals surface area (Å²) in [5.41, 5.74) is 5.24. The minimum absolute atomic E-state index is 0. The molecule has 0 spiro atoms. The van der Waals surface area contributed by atoms with Crippen molar-refractivity contribution in [2.45, 2.75) is 71.9 Å². The summed E-state index contributed by atoms with van der Waals surface area (Å²) in [4.78, 5) is 11.9. The van der Waals surface area contributed by atoms with Crippen LogP contribution in [0.25, 0.3) is 0 Å². The molecule has 3 N–H and O–H groups in total. The second-order valence-corrected chi connectivity index (χ2v) is 5.51. The van der Waals surface area contributed by atoms with Gasteiger partial charge < -0.3 is 11.1 Å². The van der Waals surface area contributed by atoms with Crippen LogP contribution in [0.15, 0.2) is 0 Å². The number of hydrogen-bond acceptors (Lipinski definition) is 2. The van der Waals surface area contributed by atoms with E-state index < -0.39 is 5.54 Å². The summed E-state index contributed by atoms with van der Waals surface area (Å²) in [5.74, 6) is 0.657. The Morgan fingerprint density at radius 2 is 1.82 bits per heavy atom. The second-order valence-electron chi connectivity index (χ2n) is 5.51. The minimum Gasteiger partial charge on any atom is -0.352 e. The lowest BCUT2D eigenvalue weighted by atomic mass is 9.95. The molecule has 0 aromatic heterocycles. The number of rotatable bonds is 7. The maximum Gasteiger partial charge on any atom is 0.240 e. The molecule has 4 heteroatoms. The molecule has 1 amide bonds. The second kappa shape index (κ2) is 8.76. The van der Waals surface area contributed by atoms with E-state index in [0.29, 0.717) is 5.92 Å². The predicted molar refractivity (Wildman–Crippen MR) is 76.4 cm³/mol. The van der Waals surface area contributed by atoms with Crippen molar-refractivity contribution in [1.82, 2.24) is 5.32 Å². The van der Waals surface area contributed by atoms with Crippen molar-refractivity contribution >= 4 is 18.3 Å². The van der Waals surface area contributed by atoms with Gasteiger partial charge in [0.05, 0.1) is 5.54 Å². The summed E-state index contributed by atoms with van der Waals surface area (Å²) < 4.78 is 0. The molecule has 0 rings (SSSR count). The lowest BCUT2D eigenvalue weighted by molar-refractivity contribution is -0.126. The average molecular weight is 265 g/mol. The molecule has 17 heavy (non-hydrogen) atoms. The Hall–Kier alpha value is -0.280. The monoisotopic (exact) mass is 264 g/mol. The molecule has 0 radical (unpaired) electrons. The van der Waals surface area contributed by atoms with Gasteiger partial charge >= 0.3 is 0 Å². The van der Waals surface area contributed by atoms with E-state index in [4.69, 9.17) is 5.73 Å². The fraction of sp³-hybridized carbons (Fsp3) is 0.923. The summed E-state index contributed by atoms with van der Waals surface area (Å²) in [7, 11) is 0. The Morgan fingerprint density at radius 3 is 2.24 bits per heavy atom. The summed E-state index contributed by atoms with van der Waals surface area (Å²) in [5, 5.41) is 3.00. The number of carbonyl (C=O) groups is 1. The van der Waals surface area contributed by atoms with Gasteiger partial charge in [0.1, 0.15) is 0 Å². The third-order valence-corrected chi connectivity index (χ3v) is 2.84. The summed E-state index contributed by atoms with van der Waals surface area (Å²) in [6.45, 7) is 10.3. The normalized spacial score (nSPS) is 15.9. The SMILES string of the molecule is CCCC(C)(N)C(=O)NC(C)CCC(C)C.Cl. The molecule has 0 saturated heterocycles. The van der Waals surface area contributed by atoms with E-state index in [2.05, 4.69) is 19.2 Å². The Morgan fingerprint density at radius 1 is 1.29 bits per heavy atom. The predicted octanol–water partition coefficient (Wildman–Crippen LogP) is 2.87. The van der Waals surface area contributed by atoms with Crippen LogP contribution in [0, 0.1) is 5.92 Å². The summed E-state index contributed by atoms with van der Waals surface area (Å²) in [6, 6.07) is 0.217. The Balaban J connectivity index is 0. The van der Waals surface area contributed by atoms with E-state index in [0.717, 1.165) is 25.7 Å². The molecule has 104 valence electrons. The van der Waals surface area contributed by atoms with Crippen LogP contribution in [-0.4, -0.2) is 17.5 Å². The Kier molecular flexibility index (Phi) is 9.82. The fourth-order valence-corrected chi connectivity index (χ4v) is 1.68. The van der Waals surface area contributed by atoms with Crippen LogP contribution in [0.1, 0.15) is 60.3 Å². The van der Waals surface area contributed by atoms with Crippen LogP contribution in [0.2, 0.25) is 0 Å². The molecular formula is C13H29ClN2O. The highest BCUT2D eigenvalue weighted by molar-refractivity contribution is 5.85. The van der Waals surface area contributed by atoms with Crippen LogP contribution in [0.4, 0.5) is 0 Å². The quantitative estimate of drug-likeness (QED) is 0.743. The van der Waals surface area contributed by atoms with Crippen LogP contribution in [0.5, 0.6) is 0 Å². The first-order chi connectivity index (χ1) is 7.29. The molecular weight excluding hydrogens is 236 g/mol. The highest BCUT2D eigenvalue weighted by atomic mass is 35.5. The maximum atomic E-state index is 11.9. The van der Waals surface area contributed by atoms with Crippen molar-refractivity contribution in [3.05, 3.63) is 0 Å². The number of amides is 1. The summed E-state index contributed by atoms with van der Waals surface area (Å²) >= 11 is 0. The fourth-order valence-electron chi connectivity index (χ4n) is 1.68. The van der Waals surface area contributed by atoms with E-state index in [1.54, 1.807) is 6.92 Å². The Labute approximate surface area is 112 Å². The third-order valence-electron chi connectivity index (χ3n) is 2.84. The van der Waals surface area contributed by atoms with Gasteiger partial charge in [-0.25, -0.2) is 0 Å². The van der Waals surface area contributed by atoms with Crippen molar-refractivity contribution < 1.29 is 4.79 Å². The van der Waals surface area contributed by atoms with Crippen molar-refractivity contribution in [3.63, 3.8) is 0 Å². The van der Waals surface area contributed by atoms with E-state index in [-0.39, 0.29) is 24.4 Å². The molecule has 0 saturated carbocycles. The van der Waals surface area contributed by atoms with Gasteiger partial charge in [-0.2, -0.15) is 0 Å². The van der Waals surface area contributed by atoms with Crippen molar-refractivity contribution in [3.8, 4) is 0 Å². The van der Waals surface area contributed by atoms with Crippen LogP contribution >= 0.6 is 12.4 Å². The lowest BCUT2D eigenvalue weighted by Crippen LogP contribution is -2.53. The molecule has 0 aliphatic heterocycles. The molecule has 3 nitrogen and oxygen atoms in total. The smallest absolute Gasteiger partial charge is 0.240 e. The molecule has 0 aliphatic rings. The van der Waals surface area contributed by atoms with Gasteiger partial charge in [0, 0.05) is 6.04 Å². The van der Waals surface area contributed by atoms with Crippen molar-refractivity contribution in [2.75, 3.05) is 0 Å². The first-order valence-corrected chi connectivity index (χ1v) is 6.39. The standard InChI is InChI=1S/C13H28N2O.ClH/c1-6-9-13(5,14)12(16)15-11(4)8-7-10(2)3;/h10-11H,6-9,14H2,1-5H3,(H,15,16);1H. The molecule has 0 aromatic rings. The molecule has 0 aromatic carbocycles. The third kappa shape index (κ3) is 8.44. The van der Waals surface area contributed by atoms with Gasteiger partial charge in [0.25, 0.3) is 0 Å². The number of hydrogen-bond donors (Lipinski definition) is 2. The van der Waals surface area contributed by atoms with Gasteiger partial charge in [-0.05, 0) is 39.0 Å². The number of carbonyl (C=O) groups excluding carboxylic acids is 1. The maximum absolute atomic E-state index is 11.9. The minimum atomic E-state index is -0.721. The van der Waals surface area contributed by atoms with Gasteiger partial charge in [-0.15, -0.1) is 12.4 Å². The van der Waals surface area contributed by atoms with Gasteiger partial charge in [-0.3, -0.25) is 4.79 Å². The van der Waals surface area contributed by atoms with E-state index in [1.807, 2.05) is 13.8 Å². The molecule has 2 unspecified atom stereocenters. The van der Waals surface area contributed by atoms with E-state index >= 15 is 0 Å². The van der Waals surface area contributed by atoms with E-state index in [9.17, 15) is 4.79 Å². The van der Waals surface area contributed by atoms with Crippen LogP contribution in [-0.2, 0) is 4.79 Å². The highest BCUT2D eigenvalue weighted by Crippen LogP contribution is 2.11. The topological polar surface area (TPSA) is 55.1 Å². The number of nitrogens with one attached hydrogen (secondary N) is 1. The first kappa shape index (κ1) is 19.1. The first-order valence-electron chi connectivity index (χ1n) is 6.39. The number of halogens is 1. The Bertz CT molecular complexity index is 217. The van der Waals surface area contributed by atoms with Crippen LogP contribution in [0.3, 0.4) is 0 Å². The average Bonchev–Trinajstić information content (AvgIpc) is 2.14. The van der Waals surface area contributed by atoms with Gasteiger partial charge in [0.15, 0.2) is 0 Å². The highest BCUT2D eigenvalue weighted by Gasteiger charge is 2.27. The van der Waals surface area contributed by atoms with Gasteiger partial charge in [-0.1, -0.05) is 27.2 Å². The largest absolute Gasteiger partial charge is 0.352 e. The molecule has 2 atom stereocenters. The molecule has 0 heterocycles. The van der Waals surface area contributed by atoms with Crippen molar-refractivity contribution in [2.24, 2.45) is 11.7 Å². The zero-order chi connectivity index (χ0) is 12.8. The molecule has 0 bridgehead atoms. The van der Waals surface area contributed by atoms with E-state index in [1.165, 1.54) is 0 Å². The molecule has 0 aliphatic carbocycles. The lowest BCUT2D eigenvalue weighted by Gasteiger charge is -2.25. The number of nitrogens with two attached hydrogens (primary N) is 1. The van der Waals surface area contributed by atoms with Crippen LogP contribution < -0.4 is 11.1 Å². The van der Waals surface area contributed by atoms with Gasteiger partial charge in [0.2, 0.25) is 5.91 Å². The summed E-state index contributed by atoms with van der Waals surface area (Å²) in [6.07, 6.45) is 3.82. The zero-order valence-corrected chi connectivity index (χ0v) is 12.7. The molecule has 0 fully saturated rings.